The van der Waals surface area contributed by atoms with Crippen molar-refractivity contribution in [2.24, 2.45) is 0 Å². The van der Waals surface area contributed by atoms with Crippen LogP contribution in [0, 0.1) is 5.82 Å². The lowest BCUT2D eigenvalue weighted by molar-refractivity contribution is -0.134. The van der Waals surface area contributed by atoms with E-state index in [1.165, 1.54) is 17.0 Å². The van der Waals surface area contributed by atoms with Crippen LogP contribution in [-0.2, 0) is 11.3 Å². The molecule has 0 unspecified atom stereocenters. The molecule has 1 atom stereocenters. The Balaban J connectivity index is 1.43. The SMILES string of the molecule is COc1ccccc1[C@@H]1/C=C\CN(C(=O)Nc2ccccc2-c2ccccc2)CC(=O)N1Cc1ccc(F)cc1. The molecule has 3 amide bonds. The molecule has 6 nitrogen and oxygen atoms in total. The molecule has 4 aromatic carbocycles. The fourth-order valence-corrected chi connectivity index (χ4v) is 4.86. The van der Waals surface area contributed by atoms with Crippen LogP contribution in [0.4, 0.5) is 14.9 Å². The standard InChI is InChI=1S/C33H30FN3O3/c1-40-31-16-8-6-13-28(31)30-15-9-21-36(23-32(38)37(30)22-24-17-19-26(34)20-18-24)33(39)35-29-14-7-5-12-27(29)25-10-3-2-4-11-25/h2-20,30H,21-23H2,1H3,(H,35,39)/b15-9-/t30-/m0/s1. The molecule has 5 rings (SSSR count). The molecular weight excluding hydrogens is 505 g/mol. The van der Waals surface area contributed by atoms with Gasteiger partial charge in [0.25, 0.3) is 0 Å². The lowest BCUT2D eigenvalue weighted by atomic mass is 10.0. The first kappa shape index (κ1) is 26.7. The van der Waals surface area contributed by atoms with E-state index in [2.05, 4.69) is 5.32 Å². The van der Waals surface area contributed by atoms with Gasteiger partial charge in [-0.2, -0.15) is 0 Å². The number of rotatable bonds is 6. The Morgan fingerprint density at radius 1 is 0.925 bits per heavy atom. The average Bonchev–Trinajstić information content (AvgIpc) is 2.98. The van der Waals surface area contributed by atoms with Crippen molar-refractivity contribution in [3.8, 4) is 16.9 Å². The van der Waals surface area contributed by atoms with Gasteiger partial charge in [0.05, 0.1) is 18.8 Å². The van der Waals surface area contributed by atoms with Gasteiger partial charge in [-0.05, 0) is 35.4 Å². The van der Waals surface area contributed by atoms with Crippen LogP contribution in [0.3, 0.4) is 0 Å². The van der Waals surface area contributed by atoms with Gasteiger partial charge in [-0.25, -0.2) is 9.18 Å². The molecule has 0 aromatic heterocycles. The van der Waals surface area contributed by atoms with E-state index in [1.54, 1.807) is 24.1 Å². The highest BCUT2D eigenvalue weighted by Crippen LogP contribution is 2.33. The summed E-state index contributed by atoms with van der Waals surface area (Å²) in [5, 5.41) is 3.00. The Labute approximate surface area is 233 Å². The maximum atomic E-state index is 13.8. The monoisotopic (exact) mass is 535 g/mol. The zero-order valence-corrected chi connectivity index (χ0v) is 22.2. The van der Waals surface area contributed by atoms with E-state index < -0.39 is 6.04 Å². The smallest absolute Gasteiger partial charge is 0.322 e. The fourth-order valence-electron chi connectivity index (χ4n) is 4.86. The number of para-hydroxylation sites is 2. The summed E-state index contributed by atoms with van der Waals surface area (Å²) < 4.78 is 19.2. The summed E-state index contributed by atoms with van der Waals surface area (Å²) in [4.78, 5) is 30.5. The Morgan fingerprint density at radius 2 is 1.62 bits per heavy atom. The van der Waals surface area contributed by atoms with Gasteiger partial charge >= 0.3 is 6.03 Å². The van der Waals surface area contributed by atoms with Gasteiger partial charge in [0.2, 0.25) is 5.91 Å². The molecule has 0 saturated carbocycles. The predicted octanol–water partition coefficient (Wildman–Crippen LogP) is 6.68. The Hall–Kier alpha value is -4.91. The maximum absolute atomic E-state index is 13.8. The van der Waals surface area contributed by atoms with Gasteiger partial charge in [-0.3, -0.25) is 4.79 Å². The van der Waals surface area contributed by atoms with E-state index in [9.17, 15) is 14.0 Å². The molecule has 0 saturated heterocycles. The van der Waals surface area contributed by atoms with Crippen LogP contribution >= 0.6 is 0 Å². The van der Waals surface area contributed by atoms with Gasteiger partial charge in [0.1, 0.15) is 18.1 Å². The predicted molar refractivity (Wildman–Crippen MR) is 154 cm³/mol. The van der Waals surface area contributed by atoms with Crippen LogP contribution in [0.2, 0.25) is 0 Å². The number of ether oxygens (including phenoxy) is 1. The fraction of sp³-hybridized carbons (Fsp3) is 0.152. The number of hydrogen-bond acceptors (Lipinski definition) is 3. The maximum Gasteiger partial charge on any atom is 0.322 e. The van der Waals surface area contributed by atoms with Gasteiger partial charge in [-0.1, -0.05) is 91.0 Å². The Bertz CT molecular complexity index is 1510. The van der Waals surface area contributed by atoms with Crippen molar-refractivity contribution in [1.82, 2.24) is 9.80 Å². The average molecular weight is 536 g/mol. The number of nitrogens with zero attached hydrogens (tertiary/aromatic N) is 2. The van der Waals surface area contributed by atoms with Crippen molar-refractivity contribution in [3.05, 3.63) is 132 Å². The van der Waals surface area contributed by atoms with Gasteiger partial charge in [0.15, 0.2) is 0 Å². The van der Waals surface area contributed by atoms with Crippen LogP contribution in [0.1, 0.15) is 17.2 Å². The summed E-state index contributed by atoms with van der Waals surface area (Å²) in [5.74, 6) is 0.0698. The number of benzene rings is 4. The number of urea groups is 1. The highest BCUT2D eigenvalue weighted by atomic mass is 19.1. The summed E-state index contributed by atoms with van der Waals surface area (Å²) in [6.45, 7) is 0.357. The number of hydrogen-bond donors (Lipinski definition) is 1. The summed E-state index contributed by atoms with van der Waals surface area (Å²) >= 11 is 0. The van der Waals surface area contributed by atoms with Crippen molar-refractivity contribution in [3.63, 3.8) is 0 Å². The Morgan fingerprint density at radius 3 is 2.40 bits per heavy atom. The normalized spacial score (nSPS) is 16.1. The van der Waals surface area contributed by atoms with E-state index in [0.717, 1.165) is 22.3 Å². The minimum absolute atomic E-state index is 0.128. The van der Waals surface area contributed by atoms with Crippen LogP contribution in [0.25, 0.3) is 11.1 Å². The summed E-state index contributed by atoms with van der Waals surface area (Å²) in [5.41, 5.74) is 4.13. The second-order valence-corrected chi connectivity index (χ2v) is 9.49. The lowest BCUT2D eigenvalue weighted by Gasteiger charge is -2.35. The van der Waals surface area contributed by atoms with Gasteiger partial charge in [-0.15, -0.1) is 0 Å². The summed E-state index contributed by atoms with van der Waals surface area (Å²) in [6, 6.07) is 30.2. The van der Waals surface area contributed by atoms with Crippen molar-refractivity contribution < 1.29 is 18.7 Å². The molecule has 1 N–H and O–H groups in total. The molecule has 0 aliphatic carbocycles. The van der Waals surface area contributed by atoms with Crippen LogP contribution in [0.5, 0.6) is 5.75 Å². The van der Waals surface area contributed by atoms with E-state index in [0.29, 0.717) is 11.4 Å². The van der Waals surface area contributed by atoms with Crippen molar-refractivity contribution in [1.29, 1.82) is 0 Å². The quantitative estimate of drug-likeness (QED) is 0.280. The lowest BCUT2D eigenvalue weighted by Crippen LogP contribution is -2.46. The molecule has 7 heteroatoms. The number of anilines is 1. The van der Waals surface area contributed by atoms with Crippen LogP contribution < -0.4 is 10.1 Å². The highest BCUT2D eigenvalue weighted by molar-refractivity contribution is 5.96. The van der Waals surface area contributed by atoms with E-state index in [-0.39, 0.29) is 37.4 Å². The first-order chi connectivity index (χ1) is 19.5. The molecule has 1 heterocycles. The van der Waals surface area contributed by atoms with Crippen LogP contribution in [0.15, 0.2) is 115 Å². The van der Waals surface area contributed by atoms with Crippen LogP contribution in [-0.4, -0.2) is 41.9 Å². The van der Waals surface area contributed by atoms with Crippen molar-refractivity contribution >= 4 is 17.6 Å². The van der Waals surface area contributed by atoms with Gasteiger partial charge < -0.3 is 19.9 Å². The third-order valence-electron chi connectivity index (χ3n) is 6.89. The highest BCUT2D eigenvalue weighted by Gasteiger charge is 2.30. The number of nitrogens with one attached hydrogen (secondary N) is 1. The zero-order chi connectivity index (χ0) is 27.9. The summed E-state index contributed by atoms with van der Waals surface area (Å²) in [6.07, 6.45) is 3.81. The molecule has 0 spiro atoms. The third kappa shape index (κ3) is 6.04. The number of amides is 3. The minimum Gasteiger partial charge on any atom is -0.496 e. The molecule has 0 fully saturated rings. The zero-order valence-electron chi connectivity index (χ0n) is 22.2. The minimum atomic E-state index is -0.433. The largest absolute Gasteiger partial charge is 0.496 e. The van der Waals surface area contributed by atoms with Crippen molar-refractivity contribution in [2.45, 2.75) is 12.6 Å². The molecule has 1 aliphatic heterocycles. The van der Waals surface area contributed by atoms with E-state index >= 15 is 0 Å². The molecule has 202 valence electrons. The molecule has 1 aliphatic rings. The first-order valence-corrected chi connectivity index (χ1v) is 13.1. The molecule has 40 heavy (non-hydrogen) atoms. The number of carbonyl (C=O) groups excluding carboxylic acids is 2. The van der Waals surface area contributed by atoms with E-state index in [1.807, 2.05) is 91.0 Å². The van der Waals surface area contributed by atoms with E-state index in [4.69, 9.17) is 4.74 Å². The number of carbonyl (C=O) groups is 2. The first-order valence-electron chi connectivity index (χ1n) is 13.1. The Kier molecular flexibility index (Phi) is 8.21. The molecule has 0 radical (unpaired) electrons. The summed E-state index contributed by atoms with van der Waals surface area (Å²) in [7, 11) is 1.59. The number of methoxy groups -OCH3 is 1. The molecular formula is C33H30FN3O3. The molecule has 4 aromatic rings. The molecule has 0 bridgehead atoms. The second kappa shape index (κ2) is 12.3. The van der Waals surface area contributed by atoms with Crippen molar-refractivity contribution in [2.75, 3.05) is 25.5 Å². The topological polar surface area (TPSA) is 61.9 Å². The third-order valence-corrected chi connectivity index (χ3v) is 6.89. The second-order valence-electron chi connectivity index (χ2n) is 9.49. The van der Waals surface area contributed by atoms with Gasteiger partial charge in [0, 0.05) is 24.2 Å². The number of halogens is 1.